The first kappa shape index (κ1) is 10.9. The van der Waals surface area contributed by atoms with E-state index in [9.17, 15) is 4.79 Å². The fraction of sp³-hybridized carbons (Fsp3) is 0.909. The molecule has 0 aromatic rings. The molecule has 0 aromatic heterocycles. The quantitative estimate of drug-likeness (QED) is 0.705. The zero-order valence-electron chi connectivity index (χ0n) is 9.70. The number of likely N-dealkylation sites (N-methyl/N-ethyl adjacent to an activating group) is 1. The van der Waals surface area contributed by atoms with Crippen LogP contribution >= 0.6 is 0 Å². The van der Waals surface area contributed by atoms with Gasteiger partial charge >= 0.3 is 0 Å². The predicted octanol–water partition coefficient (Wildman–Crippen LogP) is -0.0991. The normalized spacial score (nSPS) is 27.5. The second-order valence-corrected chi connectivity index (χ2v) is 4.61. The number of likely N-dealkylation sites (tertiary alicyclic amines) is 1. The fourth-order valence-corrected chi connectivity index (χ4v) is 2.47. The second kappa shape index (κ2) is 4.49. The average Bonchev–Trinajstić information content (AvgIpc) is 2.44. The molecule has 86 valence electrons. The minimum atomic E-state index is 0.155. The van der Waals surface area contributed by atoms with E-state index in [0.717, 1.165) is 39.0 Å². The maximum absolute atomic E-state index is 11.9. The molecule has 4 heteroatoms. The Bertz CT molecular complexity index is 240. The third-order valence-corrected chi connectivity index (χ3v) is 3.51. The lowest BCUT2D eigenvalue weighted by atomic mass is 10.1. The molecule has 0 saturated carbocycles. The van der Waals surface area contributed by atoms with Gasteiger partial charge in [-0.25, -0.2) is 0 Å². The number of hydrogen-bond acceptors (Lipinski definition) is 3. The summed E-state index contributed by atoms with van der Waals surface area (Å²) >= 11 is 0. The number of nitrogens with one attached hydrogen (secondary N) is 1. The largest absolute Gasteiger partial charge is 0.344 e. The summed E-state index contributed by atoms with van der Waals surface area (Å²) in [4.78, 5) is 16.2. The van der Waals surface area contributed by atoms with Crippen molar-refractivity contribution in [3.63, 3.8) is 0 Å². The molecular formula is C11H21N3O. The Morgan fingerprint density at radius 2 is 2.27 bits per heavy atom. The second-order valence-electron chi connectivity index (χ2n) is 4.61. The summed E-state index contributed by atoms with van der Waals surface area (Å²) < 4.78 is 0. The number of rotatable bonds is 4. The Balaban J connectivity index is 2.00. The molecule has 1 amide bonds. The van der Waals surface area contributed by atoms with Crippen molar-refractivity contribution in [2.45, 2.75) is 31.8 Å². The molecule has 0 aliphatic carbocycles. The third kappa shape index (κ3) is 2.01. The lowest BCUT2D eigenvalue weighted by molar-refractivity contribution is -0.132. The number of hydrogen-bond donors (Lipinski definition) is 1. The molecule has 0 aromatic carbocycles. The zero-order valence-corrected chi connectivity index (χ0v) is 9.70. The predicted molar refractivity (Wildman–Crippen MR) is 59.7 cm³/mol. The molecule has 0 bridgehead atoms. The van der Waals surface area contributed by atoms with Crippen molar-refractivity contribution < 1.29 is 4.79 Å². The van der Waals surface area contributed by atoms with E-state index in [1.165, 1.54) is 0 Å². The molecule has 0 spiro atoms. The number of nitrogens with zero attached hydrogens (tertiary/aromatic N) is 2. The van der Waals surface area contributed by atoms with Crippen molar-refractivity contribution in [2.24, 2.45) is 0 Å². The smallest absolute Gasteiger partial charge is 0.239 e. The molecule has 2 aliphatic heterocycles. The summed E-state index contributed by atoms with van der Waals surface area (Å²) in [7, 11) is 1.91. The molecule has 2 heterocycles. The van der Waals surface area contributed by atoms with Gasteiger partial charge in [0.05, 0.1) is 6.04 Å². The molecule has 1 atom stereocenters. The average molecular weight is 211 g/mol. The van der Waals surface area contributed by atoms with E-state index >= 15 is 0 Å². The van der Waals surface area contributed by atoms with Crippen molar-refractivity contribution in [2.75, 3.05) is 33.2 Å². The van der Waals surface area contributed by atoms with Gasteiger partial charge in [0, 0.05) is 32.7 Å². The van der Waals surface area contributed by atoms with Crippen molar-refractivity contribution in [3.8, 4) is 0 Å². The summed E-state index contributed by atoms with van der Waals surface area (Å²) in [5.41, 5.74) is 0. The van der Waals surface area contributed by atoms with Gasteiger partial charge in [0.2, 0.25) is 5.91 Å². The Labute approximate surface area is 91.6 Å². The summed E-state index contributed by atoms with van der Waals surface area (Å²) in [6, 6.07) is 0.743. The zero-order chi connectivity index (χ0) is 10.8. The van der Waals surface area contributed by atoms with Crippen LogP contribution in [0.3, 0.4) is 0 Å². The lowest BCUT2D eigenvalue weighted by Crippen LogP contribution is -2.61. The van der Waals surface area contributed by atoms with Crippen molar-refractivity contribution >= 4 is 5.91 Å². The fourth-order valence-electron chi connectivity index (χ4n) is 2.47. The molecule has 2 rings (SSSR count). The van der Waals surface area contributed by atoms with Crippen LogP contribution in [-0.4, -0.2) is 61.0 Å². The Hall–Kier alpha value is -0.610. The van der Waals surface area contributed by atoms with Gasteiger partial charge < -0.3 is 10.2 Å². The highest BCUT2D eigenvalue weighted by atomic mass is 16.2. The van der Waals surface area contributed by atoms with Crippen LogP contribution in [0, 0.1) is 0 Å². The van der Waals surface area contributed by atoms with Crippen LogP contribution in [0.25, 0.3) is 0 Å². The lowest BCUT2D eigenvalue weighted by Gasteiger charge is -2.40. The highest BCUT2D eigenvalue weighted by Gasteiger charge is 2.38. The van der Waals surface area contributed by atoms with Gasteiger partial charge in [-0.1, -0.05) is 6.92 Å². The molecule has 1 N–H and O–H groups in total. The molecule has 2 aliphatic rings. The van der Waals surface area contributed by atoms with Crippen LogP contribution in [0.5, 0.6) is 0 Å². The van der Waals surface area contributed by atoms with Gasteiger partial charge in [-0.15, -0.1) is 0 Å². The van der Waals surface area contributed by atoms with Crippen LogP contribution in [0.4, 0.5) is 0 Å². The Morgan fingerprint density at radius 3 is 2.67 bits per heavy atom. The van der Waals surface area contributed by atoms with Crippen LogP contribution in [0.15, 0.2) is 0 Å². The maximum Gasteiger partial charge on any atom is 0.239 e. The van der Waals surface area contributed by atoms with Crippen molar-refractivity contribution in [1.29, 1.82) is 0 Å². The van der Waals surface area contributed by atoms with Crippen LogP contribution in [0.1, 0.15) is 19.8 Å². The van der Waals surface area contributed by atoms with Crippen LogP contribution in [0.2, 0.25) is 0 Å². The van der Waals surface area contributed by atoms with Crippen LogP contribution < -0.4 is 5.32 Å². The standard InChI is InChI=1S/C11H21N3O/c1-3-5-14(9-7-12-8-9)10-4-6-13(2)11(10)15/h9-10,12H,3-8H2,1-2H3. The Kier molecular flexibility index (Phi) is 3.26. The summed E-state index contributed by atoms with van der Waals surface area (Å²) in [6.07, 6.45) is 2.13. The molecule has 2 fully saturated rings. The van der Waals surface area contributed by atoms with Gasteiger partial charge in [0.15, 0.2) is 0 Å². The molecule has 15 heavy (non-hydrogen) atoms. The van der Waals surface area contributed by atoms with E-state index in [-0.39, 0.29) is 6.04 Å². The van der Waals surface area contributed by atoms with Gasteiger partial charge in [0.1, 0.15) is 0 Å². The Morgan fingerprint density at radius 1 is 1.53 bits per heavy atom. The number of carbonyl (C=O) groups excluding carboxylic acids is 1. The van der Waals surface area contributed by atoms with E-state index in [1.54, 1.807) is 0 Å². The maximum atomic E-state index is 11.9. The molecule has 1 unspecified atom stereocenters. The summed E-state index contributed by atoms with van der Waals surface area (Å²) in [5.74, 6) is 0.315. The van der Waals surface area contributed by atoms with E-state index in [0.29, 0.717) is 11.9 Å². The van der Waals surface area contributed by atoms with Gasteiger partial charge in [-0.2, -0.15) is 0 Å². The molecule has 2 saturated heterocycles. The molecule has 4 nitrogen and oxygen atoms in total. The SMILES string of the molecule is CCCN(C1CNC1)C1CCN(C)C1=O. The molecular weight excluding hydrogens is 190 g/mol. The summed E-state index contributed by atoms with van der Waals surface area (Å²) in [5, 5.41) is 3.28. The first-order chi connectivity index (χ1) is 7.24. The van der Waals surface area contributed by atoms with Crippen molar-refractivity contribution in [1.82, 2.24) is 15.1 Å². The summed E-state index contributed by atoms with van der Waals surface area (Å²) in [6.45, 7) is 6.25. The minimum Gasteiger partial charge on any atom is -0.344 e. The molecule has 0 radical (unpaired) electrons. The van der Waals surface area contributed by atoms with Gasteiger partial charge in [0.25, 0.3) is 0 Å². The highest BCUT2D eigenvalue weighted by Crippen LogP contribution is 2.20. The van der Waals surface area contributed by atoms with E-state index in [4.69, 9.17) is 0 Å². The topological polar surface area (TPSA) is 35.6 Å². The third-order valence-electron chi connectivity index (χ3n) is 3.51. The first-order valence-corrected chi connectivity index (χ1v) is 5.95. The van der Waals surface area contributed by atoms with Gasteiger partial charge in [-0.05, 0) is 19.4 Å². The number of carbonyl (C=O) groups is 1. The minimum absolute atomic E-state index is 0.155. The van der Waals surface area contributed by atoms with E-state index in [2.05, 4.69) is 17.1 Å². The van der Waals surface area contributed by atoms with Crippen molar-refractivity contribution in [3.05, 3.63) is 0 Å². The number of amides is 1. The van der Waals surface area contributed by atoms with E-state index < -0.39 is 0 Å². The first-order valence-electron chi connectivity index (χ1n) is 5.95. The van der Waals surface area contributed by atoms with Gasteiger partial charge in [-0.3, -0.25) is 9.69 Å². The van der Waals surface area contributed by atoms with Crippen LogP contribution in [-0.2, 0) is 4.79 Å². The highest BCUT2D eigenvalue weighted by molar-refractivity contribution is 5.83. The monoisotopic (exact) mass is 211 g/mol. The van der Waals surface area contributed by atoms with E-state index in [1.807, 2.05) is 11.9 Å².